The van der Waals surface area contributed by atoms with Crippen molar-refractivity contribution in [3.05, 3.63) is 46.1 Å². The van der Waals surface area contributed by atoms with Gasteiger partial charge in [0, 0.05) is 11.6 Å². The minimum atomic E-state index is -1.50. The van der Waals surface area contributed by atoms with E-state index in [0.717, 1.165) is 11.8 Å². The van der Waals surface area contributed by atoms with E-state index in [1.807, 2.05) is 18.3 Å². The van der Waals surface area contributed by atoms with Gasteiger partial charge in [0.25, 0.3) is 5.09 Å². The summed E-state index contributed by atoms with van der Waals surface area (Å²) in [6.45, 7) is 2.09. The SMILES string of the molecule is CCc1cnc2c(O)cccc2c1.O=[N+]([O-])O. The van der Waals surface area contributed by atoms with Crippen LogP contribution in [-0.2, 0) is 6.42 Å². The second-order valence-electron chi connectivity index (χ2n) is 3.28. The smallest absolute Gasteiger partial charge is 0.291 e. The lowest BCUT2D eigenvalue weighted by Gasteiger charge is -2.01. The standard InChI is InChI=1S/C11H11NO.HNO3/c1-2-8-6-9-4-3-5-10(13)11(9)12-7-8;2-1(3)4/h3-7,13H,2H2,1H3;(H,2,3,4). The number of fused-ring (bicyclic) bond motifs is 1. The molecule has 0 aliphatic carbocycles. The summed E-state index contributed by atoms with van der Waals surface area (Å²) in [6.07, 6.45) is 2.78. The highest BCUT2D eigenvalue weighted by Gasteiger charge is 2.00. The Morgan fingerprint density at radius 2 is 2.12 bits per heavy atom. The fraction of sp³-hybridized carbons (Fsp3) is 0.182. The topological polar surface area (TPSA) is 96.5 Å². The van der Waals surface area contributed by atoms with Gasteiger partial charge in [0.2, 0.25) is 0 Å². The van der Waals surface area contributed by atoms with E-state index in [9.17, 15) is 5.11 Å². The predicted molar refractivity (Wildman–Crippen MR) is 61.6 cm³/mol. The Labute approximate surface area is 97.3 Å². The maximum atomic E-state index is 9.47. The Morgan fingerprint density at radius 1 is 1.47 bits per heavy atom. The molecule has 0 spiro atoms. The number of hydrogen-bond donors (Lipinski definition) is 2. The molecule has 1 aromatic heterocycles. The molecule has 17 heavy (non-hydrogen) atoms. The van der Waals surface area contributed by atoms with Crippen molar-refractivity contribution in [1.29, 1.82) is 0 Å². The van der Waals surface area contributed by atoms with Crippen LogP contribution in [0.15, 0.2) is 30.5 Å². The first-order valence-corrected chi connectivity index (χ1v) is 4.94. The fourth-order valence-corrected chi connectivity index (χ4v) is 1.38. The van der Waals surface area contributed by atoms with Crippen molar-refractivity contribution in [2.75, 3.05) is 0 Å². The molecule has 0 radical (unpaired) electrons. The largest absolute Gasteiger partial charge is 0.506 e. The monoisotopic (exact) mass is 236 g/mol. The second-order valence-corrected chi connectivity index (χ2v) is 3.28. The van der Waals surface area contributed by atoms with Crippen LogP contribution >= 0.6 is 0 Å². The molecule has 0 unspecified atom stereocenters. The number of phenolic OH excluding ortho intramolecular Hbond substituents is 1. The summed E-state index contributed by atoms with van der Waals surface area (Å²) in [4.78, 5) is 12.6. The molecule has 0 amide bonds. The third-order valence-corrected chi connectivity index (χ3v) is 2.15. The highest BCUT2D eigenvalue weighted by molar-refractivity contribution is 5.84. The fourth-order valence-electron chi connectivity index (χ4n) is 1.38. The molecule has 0 saturated carbocycles. The van der Waals surface area contributed by atoms with Gasteiger partial charge < -0.3 is 10.3 Å². The molecule has 0 bridgehead atoms. The molecular formula is C11H12N2O4. The number of aromatic nitrogens is 1. The van der Waals surface area contributed by atoms with Crippen LogP contribution in [0.4, 0.5) is 0 Å². The van der Waals surface area contributed by atoms with Gasteiger partial charge in [0.05, 0.1) is 0 Å². The van der Waals surface area contributed by atoms with E-state index < -0.39 is 5.09 Å². The summed E-state index contributed by atoms with van der Waals surface area (Å²) < 4.78 is 0. The molecular weight excluding hydrogens is 224 g/mol. The Morgan fingerprint density at radius 3 is 2.71 bits per heavy atom. The van der Waals surface area contributed by atoms with E-state index >= 15 is 0 Å². The average Bonchev–Trinajstić information content (AvgIpc) is 2.28. The van der Waals surface area contributed by atoms with E-state index in [0.29, 0.717) is 5.52 Å². The number of para-hydroxylation sites is 1. The maximum Gasteiger partial charge on any atom is 0.291 e. The Balaban J connectivity index is 0.000000317. The third kappa shape index (κ3) is 3.60. The molecule has 0 saturated heterocycles. The summed E-state index contributed by atoms with van der Waals surface area (Å²) in [7, 11) is 0. The lowest BCUT2D eigenvalue weighted by atomic mass is 10.1. The van der Waals surface area contributed by atoms with E-state index in [4.69, 9.17) is 15.3 Å². The minimum Gasteiger partial charge on any atom is -0.506 e. The normalized spacial score (nSPS) is 9.47. The number of nitrogens with zero attached hydrogens (tertiary/aromatic N) is 2. The highest BCUT2D eigenvalue weighted by atomic mass is 16.9. The predicted octanol–water partition coefficient (Wildman–Crippen LogP) is 2.16. The number of phenols is 1. The number of aromatic hydroxyl groups is 1. The van der Waals surface area contributed by atoms with Gasteiger partial charge in [-0.25, -0.2) is 0 Å². The first kappa shape index (κ1) is 12.7. The van der Waals surface area contributed by atoms with E-state index in [-0.39, 0.29) is 5.75 Å². The van der Waals surface area contributed by atoms with Crippen LogP contribution in [0.5, 0.6) is 5.75 Å². The highest BCUT2D eigenvalue weighted by Crippen LogP contribution is 2.22. The molecule has 6 heteroatoms. The molecule has 0 fully saturated rings. The molecule has 2 N–H and O–H groups in total. The van der Waals surface area contributed by atoms with E-state index in [1.165, 1.54) is 5.56 Å². The van der Waals surface area contributed by atoms with Crippen LogP contribution in [0, 0.1) is 10.1 Å². The molecule has 0 atom stereocenters. The summed E-state index contributed by atoms with van der Waals surface area (Å²) in [5, 5.41) is 24.1. The van der Waals surface area contributed by atoms with Crippen molar-refractivity contribution in [3.8, 4) is 5.75 Å². The Bertz CT molecular complexity index is 524. The molecule has 90 valence electrons. The quantitative estimate of drug-likeness (QED) is 0.584. The molecule has 2 aromatic rings. The molecule has 1 aromatic carbocycles. The first-order valence-electron chi connectivity index (χ1n) is 4.94. The maximum absolute atomic E-state index is 9.47. The Hall–Kier alpha value is -2.37. The number of hydrogen-bond acceptors (Lipinski definition) is 4. The van der Waals surface area contributed by atoms with Gasteiger partial charge in [0.15, 0.2) is 0 Å². The van der Waals surface area contributed by atoms with Crippen molar-refractivity contribution >= 4 is 10.9 Å². The summed E-state index contributed by atoms with van der Waals surface area (Å²) in [6, 6.07) is 7.50. The molecule has 0 aliphatic heterocycles. The lowest BCUT2D eigenvalue weighted by molar-refractivity contribution is -0.742. The van der Waals surface area contributed by atoms with E-state index in [2.05, 4.69) is 18.0 Å². The van der Waals surface area contributed by atoms with Gasteiger partial charge in [-0.15, -0.1) is 10.1 Å². The number of rotatable bonds is 1. The third-order valence-electron chi connectivity index (χ3n) is 2.15. The van der Waals surface area contributed by atoms with E-state index in [1.54, 1.807) is 6.07 Å². The van der Waals surface area contributed by atoms with Crippen LogP contribution in [0.25, 0.3) is 10.9 Å². The van der Waals surface area contributed by atoms with Gasteiger partial charge in [-0.1, -0.05) is 19.1 Å². The molecule has 1 heterocycles. The van der Waals surface area contributed by atoms with Crippen molar-refractivity contribution < 1.29 is 15.4 Å². The van der Waals surface area contributed by atoms with Gasteiger partial charge >= 0.3 is 0 Å². The average molecular weight is 236 g/mol. The number of pyridine rings is 1. The van der Waals surface area contributed by atoms with Gasteiger partial charge in [-0.2, -0.15) is 0 Å². The zero-order chi connectivity index (χ0) is 12.8. The van der Waals surface area contributed by atoms with Crippen LogP contribution in [0.1, 0.15) is 12.5 Å². The zero-order valence-corrected chi connectivity index (χ0v) is 9.20. The molecule has 6 nitrogen and oxygen atoms in total. The minimum absolute atomic E-state index is 0.250. The second kappa shape index (κ2) is 5.64. The van der Waals surface area contributed by atoms with Crippen LogP contribution in [0.3, 0.4) is 0 Å². The van der Waals surface area contributed by atoms with Crippen LogP contribution < -0.4 is 0 Å². The van der Waals surface area contributed by atoms with Crippen LogP contribution in [0.2, 0.25) is 0 Å². The van der Waals surface area contributed by atoms with Crippen molar-refractivity contribution in [1.82, 2.24) is 4.98 Å². The van der Waals surface area contributed by atoms with Gasteiger partial charge in [-0.3, -0.25) is 4.98 Å². The van der Waals surface area contributed by atoms with Crippen molar-refractivity contribution in [2.24, 2.45) is 0 Å². The first-order chi connectivity index (χ1) is 8.04. The van der Waals surface area contributed by atoms with Gasteiger partial charge in [-0.05, 0) is 24.1 Å². The van der Waals surface area contributed by atoms with Gasteiger partial charge in [0.1, 0.15) is 11.3 Å². The summed E-state index contributed by atoms with van der Waals surface area (Å²) in [5.74, 6) is 0.250. The number of aryl methyl sites for hydroxylation is 1. The summed E-state index contributed by atoms with van der Waals surface area (Å²) >= 11 is 0. The molecule has 2 rings (SSSR count). The van der Waals surface area contributed by atoms with Crippen LogP contribution in [-0.4, -0.2) is 20.4 Å². The molecule has 0 aliphatic rings. The lowest BCUT2D eigenvalue weighted by Crippen LogP contribution is -1.84. The summed E-state index contributed by atoms with van der Waals surface area (Å²) in [5.41, 5.74) is 1.87. The Kier molecular flexibility index (Phi) is 4.21. The zero-order valence-electron chi connectivity index (χ0n) is 9.20. The number of benzene rings is 1. The van der Waals surface area contributed by atoms with Crippen molar-refractivity contribution in [3.63, 3.8) is 0 Å². The van der Waals surface area contributed by atoms with Crippen molar-refractivity contribution in [2.45, 2.75) is 13.3 Å².